The number of pyridine rings is 1. The maximum Gasteiger partial charge on any atom is 0.107 e. The molecular weight excluding hydrogens is 174 g/mol. The summed E-state index contributed by atoms with van der Waals surface area (Å²) in [4.78, 5) is 8.55. The Bertz CT molecular complexity index is 392. The maximum atomic E-state index is 4.31. The minimum Gasteiger partial charge on any atom is -0.337 e. The Kier molecular flexibility index (Phi) is 2.58. The third-order valence-corrected chi connectivity index (χ3v) is 2.04. The Labute approximate surface area is 83.4 Å². The van der Waals surface area contributed by atoms with E-state index in [1.165, 1.54) is 0 Å². The van der Waals surface area contributed by atoms with Gasteiger partial charge in [0.25, 0.3) is 0 Å². The van der Waals surface area contributed by atoms with Gasteiger partial charge in [0.15, 0.2) is 0 Å². The molecule has 3 nitrogen and oxygen atoms in total. The molecule has 72 valence electrons. The average Bonchev–Trinajstić information content (AvgIpc) is 2.68. The smallest absolute Gasteiger partial charge is 0.107 e. The fraction of sp³-hybridized carbons (Fsp3) is 0.273. The quantitative estimate of drug-likeness (QED) is 0.738. The van der Waals surface area contributed by atoms with E-state index >= 15 is 0 Å². The fourth-order valence-electron chi connectivity index (χ4n) is 1.39. The van der Waals surface area contributed by atoms with Crippen molar-refractivity contribution in [2.45, 2.75) is 19.9 Å². The summed E-state index contributed by atoms with van der Waals surface area (Å²) in [6, 6.07) is 5.85. The van der Waals surface area contributed by atoms with Crippen LogP contribution >= 0.6 is 0 Å². The predicted molar refractivity (Wildman–Crippen MR) is 55.7 cm³/mol. The van der Waals surface area contributed by atoms with Crippen LogP contribution in [0.25, 0.3) is 11.4 Å². The van der Waals surface area contributed by atoms with Crippen LogP contribution in [-0.4, -0.2) is 14.5 Å². The van der Waals surface area contributed by atoms with Gasteiger partial charge in [0.2, 0.25) is 0 Å². The zero-order valence-corrected chi connectivity index (χ0v) is 8.22. The zero-order valence-electron chi connectivity index (χ0n) is 8.22. The van der Waals surface area contributed by atoms with Crippen LogP contribution in [0.3, 0.4) is 0 Å². The van der Waals surface area contributed by atoms with Crippen LogP contribution in [0.2, 0.25) is 0 Å². The molecule has 0 fully saturated rings. The van der Waals surface area contributed by atoms with Crippen molar-refractivity contribution in [3.63, 3.8) is 0 Å². The molecule has 0 aromatic carbocycles. The van der Waals surface area contributed by atoms with E-state index in [-0.39, 0.29) is 0 Å². The number of imidazole rings is 1. The van der Waals surface area contributed by atoms with Crippen molar-refractivity contribution in [1.29, 1.82) is 0 Å². The van der Waals surface area contributed by atoms with E-state index in [1.807, 2.05) is 30.7 Å². The molecule has 3 heteroatoms. The van der Waals surface area contributed by atoms with Gasteiger partial charge in [0, 0.05) is 18.9 Å². The predicted octanol–water partition coefficient (Wildman–Crippen LogP) is 2.36. The first-order valence-corrected chi connectivity index (χ1v) is 4.83. The number of aryl methyl sites for hydroxylation is 1. The molecule has 2 aromatic rings. The molecular formula is C11H13N3. The molecule has 0 amide bonds. The first-order valence-electron chi connectivity index (χ1n) is 4.83. The largest absolute Gasteiger partial charge is 0.337 e. The molecule has 0 N–H and O–H groups in total. The van der Waals surface area contributed by atoms with Gasteiger partial charge in [-0.25, -0.2) is 4.98 Å². The number of hydrogen-bond donors (Lipinski definition) is 0. The molecule has 0 saturated heterocycles. The van der Waals surface area contributed by atoms with Crippen molar-refractivity contribution in [3.8, 4) is 11.4 Å². The molecule has 0 radical (unpaired) electrons. The van der Waals surface area contributed by atoms with Gasteiger partial charge in [-0.2, -0.15) is 0 Å². The number of rotatable bonds is 3. The first kappa shape index (κ1) is 8.94. The van der Waals surface area contributed by atoms with Gasteiger partial charge in [-0.15, -0.1) is 0 Å². The maximum absolute atomic E-state index is 4.31. The Balaban J connectivity index is 2.25. The van der Waals surface area contributed by atoms with Gasteiger partial charge < -0.3 is 4.57 Å². The highest BCUT2D eigenvalue weighted by molar-refractivity contribution is 5.52. The second-order valence-corrected chi connectivity index (χ2v) is 3.21. The molecule has 0 spiro atoms. The highest BCUT2D eigenvalue weighted by Crippen LogP contribution is 2.12. The normalized spacial score (nSPS) is 10.4. The Hall–Kier alpha value is -1.64. The topological polar surface area (TPSA) is 30.7 Å². The van der Waals surface area contributed by atoms with E-state index in [0.29, 0.717) is 0 Å². The van der Waals surface area contributed by atoms with Crippen LogP contribution in [0.5, 0.6) is 0 Å². The summed E-state index contributed by atoms with van der Waals surface area (Å²) in [5.41, 5.74) is 1.88. The number of hydrogen-bond acceptors (Lipinski definition) is 2. The van der Waals surface area contributed by atoms with Gasteiger partial charge in [-0.05, 0) is 18.6 Å². The van der Waals surface area contributed by atoms with E-state index in [9.17, 15) is 0 Å². The lowest BCUT2D eigenvalue weighted by atomic mass is 10.3. The molecule has 0 aliphatic heterocycles. The minimum absolute atomic E-state index is 0.933. The lowest BCUT2D eigenvalue weighted by Crippen LogP contribution is -1.90. The van der Waals surface area contributed by atoms with Crippen LogP contribution in [-0.2, 0) is 6.54 Å². The summed E-state index contributed by atoms with van der Waals surface area (Å²) < 4.78 is 2.09. The fourth-order valence-corrected chi connectivity index (χ4v) is 1.39. The van der Waals surface area contributed by atoms with Gasteiger partial charge in [-0.1, -0.05) is 13.0 Å². The Morgan fingerprint density at radius 3 is 2.86 bits per heavy atom. The summed E-state index contributed by atoms with van der Waals surface area (Å²) in [6.07, 6.45) is 6.80. The van der Waals surface area contributed by atoms with Crippen LogP contribution in [0.15, 0.2) is 36.9 Å². The van der Waals surface area contributed by atoms with Crippen molar-refractivity contribution in [3.05, 3.63) is 36.9 Å². The van der Waals surface area contributed by atoms with Gasteiger partial charge in [-0.3, -0.25) is 4.98 Å². The highest BCUT2D eigenvalue weighted by Gasteiger charge is 2.01. The summed E-state index contributed by atoms with van der Waals surface area (Å²) in [7, 11) is 0. The van der Waals surface area contributed by atoms with Gasteiger partial charge >= 0.3 is 0 Å². The van der Waals surface area contributed by atoms with Crippen LogP contribution in [0.4, 0.5) is 0 Å². The molecule has 2 heterocycles. The Morgan fingerprint density at radius 2 is 2.14 bits per heavy atom. The van der Waals surface area contributed by atoms with Crippen molar-refractivity contribution >= 4 is 0 Å². The standard InChI is InChI=1S/C11H13N3/c1-2-7-14-8-11(13-9-14)10-5-3-4-6-12-10/h3-6,8-9H,2,7H2,1H3. The molecule has 0 aliphatic rings. The first-order chi connectivity index (χ1) is 6.90. The second kappa shape index (κ2) is 4.05. The zero-order chi connectivity index (χ0) is 9.80. The van der Waals surface area contributed by atoms with E-state index in [4.69, 9.17) is 0 Å². The molecule has 2 rings (SSSR count). The highest BCUT2D eigenvalue weighted by atomic mass is 15.0. The van der Waals surface area contributed by atoms with Crippen LogP contribution in [0, 0.1) is 0 Å². The number of nitrogens with zero attached hydrogens (tertiary/aromatic N) is 3. The van der Waals surface area contributed by atoms with Gasteiger partial charge in [0.05, 0.1) is 12.0 Å². The lowest BCUT2D eigenvalue weighted by molar-refractivity contribution is 0.678. The van der Waals surface area contributed by atoms with E-state index in [2.05, 4.69) is 21.5 Å². The minimum atomic E-state index is 0.933. The van der Waals surface area contributed by atoms with E-state index in [1.54, 1.807) is 6.20 Å². The molecule has 0 bridgehead atoms. The molecule has 0 atom stereocenters. The van der Waals surface area contributed by atoms with Gasteiger partial charge in [0.1, 0.15) is 5.69 Å². The van der Waals surface area contributed by atoms with E-state index < -0.39 is 0 Å². The van der Waals surface area contributed by atoms with Crippen molar-refractivity contribution < 1.29 is 0 Å². The molecule has 2 aromatic heterocycles. The molecule has 0 saturated carbocycles. The summed E-state index contributed by atoms with van der Waals surface area (Å²) in [6.45, 7) is 3.17. The van der Waals surface area contributed by atoms with Crippen molar-refractivity contribution in [1.82, 2.24) is 14.5 Å². The Morgan fingerprint density at radius 1 is 1.21 bits per heavy atom. The molecule has 0 aliphatic carbocycles. The van der Waals surface area contributed by atoms with Crippen LogP contribution in [0.1, 0.15) is 13.3 Å². The van der Waals surface area contributed by atoms with E-state index in [0.717, 1.165) is 24.4 Å². The third-order valence-electron chi connectivity index (χ3n) is 2.04. The van der Waals surface area contributed by atoms with Crippen molar-refractivity contribution in [2.75, 3.05) is 0 Å². The SMILES string of the molecule is CCCn1cnc(-c2ccccn2)c1. The molecule has 14 heavy (non-hydrogen) atoms. The summed E-state index contributed by atoms with van der Waals surface area (Å²) in [5.74, 6) is 0. The van der Waals surface area contributed by atoms with Crippen molar-refractivity contribution in [2.24, 2.45) is 0 Å². The monoisotopic (exact) mass is 187 g/mol. The average molecular weight is 187 g/mol. The van der Waals surface area contributed by atoms with Crippen LogP contribution < -0.4 is 0 Å². The summed E-state index contributed by atoms with van der Waals surface area (Å²) >= 11 is 0. The number of aromatic nitrogens is 3. The summed E-state index contributed by atoms with van der Waals surface area (Å²) in [5, 5.41) is 0. The second-order valence-electron chi connectivity index (χ2n) is 3.21. The lowest BCUT2D eigenvalue weighted by Gasteiger charge is -1.95. The third kappa shape index (κ3) is 1.82. The molecule has 0 unspecified atom stereocenters.